The number of hydrogen-bond donors (Lipinski definition) is 0. The summed E-state index contributed by atoms with van der Waals surface area (Å²) in [6.45, 7) is 4.32. The number of methoxy groups -OCH3 is 1. The average molecular weight is 325 g/mol. The fourth-order valence-corrected chi connectivity index (χ4v) is 2.93. The quantitative estimate of drug-likeness (QED) is 0.844. The van der Waals surface area contributed by atoms with Crippen molar-refractivity contribution in [2.45, 2.75) is 6.42 Å². The Balaban J connectivity index is 1.50. The maximum absolute atomic E-state index is 12.6. The topological polar surface area (TPSA) is 45.7 Å². The summed E-state index contributed by atoms with van der Waals surface area (Å²) in [4.78, 5) is 21.3. The van der Waals surface area contributed by atoms with Gasteiger partial charge in [0.2, 0.25) is 0 Å². The number of hydrogen-bond acceptors (Lipinski definition) is 4. The standard InChI is InChI=1S/C19H23N3O2/c1-24-18-7-4-5-16(15-18)19(23)22-13-11-21(12-14-22)10-8-17-6-2-3-9-20-17/h2-7,9,15H,8,10-14H2,1H3. The van der Waals surface area contributed by atoms with E-state index in [1.807, 2.05) is 41.4 Å². The van der Waals surface area contributed by atoms with Gasteiger partial charge in [-0.1, -0.05) is 12.1 Å². The number of nitrogens with zero attached hydrogens (tertiary/aromatic N) is 3. The van der Waals surface area contributed by atoms with Crippen LogP contribution >= 0.6 is 0 Å². The maximum Gasteiger partial charge on any atom is 0.254 e. The molecule has 1 fully saturated rings. The lowest BCUT2D eigenvalue weighted by atomic mass is 10.1. The number of aromatic nitrogens is 1. The van der Waals surface area contributed by atoms with E-state index in [2.05, 4.69) is 16.0 Å². The molecule has 24 heavy (non-hydrogen) atoms. The van der Waals surface area contributed by atoms with E-state index in [-0.39, 0.29) is 5.91 Å². The summed E-state index contributed by atoms with van der Waals surface area (Å²) in [5, 5.41) is 0. The molecule has 5 nitrogen and oxygen atoms in total. The Morgan fingerprint density at radius 1 is 1.12 bits per heavy atom. The van der Waals surface area contributed by atoms with Crippen molar-refractivity contribution < 1.29 is 9.53 Å². The van der Waals surface area contributed by atoms with Crippen LogP contribution in [0.2, 0.25) is 0 Å². The van der Waals surface area contributed by atoms with Gasteiger partial charge >= 0.3 is 0 Å². The highest BCUT2D eigenvalue weighted by Crippen LogP contribution is 2.15. The lowest BCUT2D eigenvalue weighted by molar-refractivity contribution is 0.0638. The summed E-state index contributed by atoms with van der Waals surface area (Å²) in [5.41, 5.74) is 1.81. The molecule has 0 N–H and O–H groups in total. The molecule has 0 saturated carbocycles. The summed E-state index contributed by atoms with van der Waals surface area (Å²) >= 11 is 0. The molecule has 5 heteroatoms. The largest absolute Gasteiger partial charge is 0.497 e. The maximum atomic E-state index is 12.6. The van der Waals surface area contributed by atoms with Crippen molar-refractivity contribution in [1.29, 1.82) is 0 Å². The van der Waals surface area contributed by atoms with E-state index in [0.29, 0.717) is 5.56 Å². The van der Waals surface area contributed by atoms with Crippen LogP contribution in [-0.2, 0) is 6.42 Å². The van der Waals surface area contributed by atoms with Crippen LogP contribution in [0.15, 0.2) is 48.7 Å². The molecule has 3 rings (SSSR count). The molecule has 1 aliphatic rings. The minimum atomic E-state index is 0.0817. The first kappa shape index (κ1) is 16.5. The highest BCUT2D eigenvalue weighted by molar-refractivity contribution is 5.94. The molecule has 1 aromatic heterocycles. The number of ether oxygens (including phenoxy) is 1. The molecule has 2 heterocycles. The van der Waals surface area contributed by atoms with Gasteiger partial charge in [0.05, 0.1) is 7.11 Å². The Kier molecular flexibility index (Phi) is 5.43. The van der Waals surface area contributed by atoms with E-state index < -0.39 is 0 Å². The van der Waals surface area contributed by atoms with Crippen LogP contribution in [0.3, 0.4) is 0 Å². The number of rotatable bonds is 5. The molecule has 0 unspecified atom stereocenters. The zero-order chi connectivity index (χ0) is 16.8. The van der Waals surface area contributed by atoms with E-state index in [1.165, 1.54) is 0 Å². The van der Waals surface area contributed by atoms with Gasteiger partial charge in [0.1, 0.15) is 5.75 Å². The van der Waals surface area contributed by atoms with Crippen molar-refractivity contribution >= 4 is 5.91 Å². The summed E-state index contributed by atoms with van der Waals surface area (Å²) in [5.74, 6) is 0.799. The smallest absolute Gasteiger partial charge is 0.254 e. The van der Waals surface area contributed by atoms with Crippen LogP contribution in [0.1, 0.15) is 16.1 Å². The van der Waals surface area contributed by atoms with Gasteiger partial charge in [-0.15, -0.1) is 0 Å². The third-order valence-corrected chi connectivity index (χ3v) is 4.39. The number of piperazine rings is 1. The van der Waals surface area contributed by atoms with Crippen LogP contribution < -0.4 is 4.74 Å². The van der Waals surface area contributed by atoms with Gasteiger partial charge in [0, 0.05) is 56.6 Å². The molecule has 126 valence electrons. The lowest BCUT2D eigenvalue weighted by Crippen LogP contribution is -2.49. The van der Waals surface area contributed by atoms with Crippen LogP contribution in [0, 0.1) is 0 Å². The van der Waals surface area contributed by atoms with Crippen molar-refractivity contribution in [2.75, 3.05) is 39.8 Å². The van der Waals surface area contributed by atoms with Gasteiger partial charge in [-0.3, -0.25) is 14.7 Å². The normalized spacial score (nSPS) is 15.3. The first-order valence-corrected chi connectivity index (χ1v) is 8.32. The Morgan fingerprint density at radius 3 is 2.67 bits per heavy atom. The zero-order valence-corrected chi connectivity index (χ0v) is 14.0. The number of carbonyl (C=O) groups is 1. The fraction of sp³-hybridized carbons (Fsp3) is 0.368. The highest BCUT2D eigenvalue weighted by Gasteiger charge is 2.22. The second kappa shape index (κ2) is 7.93. The van der Waals surface area contributed by atoms with Gasteiger partial charge in [0.25, 0.3) is 5.91 Å². The van der Waals surface area contributed by atoms with Crippen LogP contribution in [0.25, 0.3) is 0 Å². The van der Waals surface area contributed by atoms with E-state index in [0.717, 1.165) is 50.6 Å². The van der Waals surface area contributed by atoms with Crippen molar-refractivity contribution in [2.24, 2.45) is 0 Å². The molecule has 1 amide bonds. The summed E-state index contributed by atoms with van der Waals surface area (Å²) in [7, 11) is 1.62. The molecule has 0 spiro atoms. The van der Waals surface area contributed by atoms with E-state index in [4.69, 9.17) is 4.74 Å². The zero-order valence-electron chi connectivity index (χ0n) is 14.0. The minimum Gasteiger partial charge on any atom is -0.497 e. The molecule has 0 aliphatic carbocycles. The van der Waals surface area contributed by atoms with Crippen LogP contribution in [-0.4, -0.2) is 60.5 Å². The van der Waals surface area contributed by atoms with Gasteiger partial charge in [-0.25, -0.2) is 0 Å². The second-order valence-corrected chi connectivity index (χ2v) is 5.94. The third kappa shape index (κ3) is 4.11. The SMILES string of the molecule is COc1cccc(C(=O)N2CCN(CCc3ccccn3)CC2)c1. The van der Waals surface area contributed by atoms with E-state index in [9.17, 15) is 4.79 Å². The van der Waals surface area contributed by atoms with E-state index >= 15 is 0 Å². The first-order valence-electron chi connectivity index (χ1n) is 8.32. The van der Waals surface area contributed by atoms with Gasteiger partial charge in [0.15, 0.2) is 0 Å². The number of amides is 1. The molecule has 0 bridgehead atoms. The van der Waals surface area contributed by atoms with Gasteiger partial charge in [-0.2, -0.15) is 0 Å². The summed E-state index contributed by atoms with van der Waals surface area (Å²) < 4.78 is 5.20. The second-order valence-electron chi connectivity index (χ2n) is 5.94. The molecule has 0 atom stereocenters. The molecule has 2 aromatic rings. The molecular formula is C19H23N3O2. The number of benzene rings is 1. The molecule has 1 aromatic carbocycles. The predicted octanol–water partition coefficient (Wildman–Crippen LogP) is 2.09. The van der Waals surface area contributed by atoms with Crippen molar-refractivity contribution in [3.8, 4) is 5.75 Å². The first-order chi connectivity index (χ1) is 11.8. The van der Waals surface area contributed by atoms with E-state index in [1.54, 1.807) is 13.2 Å². The lowest BCUT2D eigenvalue weighted by Gasteiger charge is -2.34. The Morgan fingerprint density at radius 2 is 1.96 bits per heavy atom. The average Bonchev–Trinajstić information content (AvgIpc) is 2.67. The van der Waals surface area contributed by atoms with Crippen LogP contribution in [0.5, 0.6) is 5.75 Å². The third-order valence-electron chi connectivity index (χ3n) is 4.39. The molecule has 1 saturated heterocycles. The summed E-state index contributed by atoms with van der Waals surface area (Å²) in [6.07, 6.45) is 2.78. The van der Waals surface area contributed by atoms with Crippen molar-refractivity contribution in [1.82, 2.24) is 14.8 Å². The van der Waals surface area contributed by atoms with Crippen molar-refractivity contribution in [3.63, 3.8) is 0 Å². The van der Waals surface area contributed by atoms with Crippen LogP contribution in [0.4, 0.5) is 0 Å². The Bertz CT molecular complexity index is 667. The fourth-order valence-electron chi connectivity index (χ4n) is 2.93. The predicted molar refractivity (Wildman–Crippen MR) is 93.3 cm³/mol. The van der Waals surface area contributed by atoms with Gasteiger partial charge in [-0.05, 0) is 30.3 Å². The molecular weight excluding hydrogens is 302 g/mol. The number of pyridine rings is 1. The Hall–Kier alpha value is -2.40. The Labute approximate surface area is 142 Å². The van der Waals surface area contributed by atoms with Gasteiger partial charge < -0.3 is 9.64 Å². The monoisotopic (exact) mass is 325 g/mol. The number of carbonyl (C=O) groups excluding carboxylic acids is 1. The molecule has 0 radical (unpaired) electrons. The highest BCUT2D eigenvalue weighted by atomic mass is 16.5. The van der Waals surface area contributed by atoms with Crippen molar-refractivity contribution in [3.05, 3.63) is 59.9 Å². The summed E-state index contributed by atoms with van der Waals surface area (Å²) in [6, 6.07) is 13.4. The molecule has 1 aliphatic heterocycles. The minimum absolute atomic E-state index is 0.0817.